The van der Waals surface area contributed by atoms with Gasteiger partial charge in [0.1, 0.15) is 6.33 Å². The Kier molecular flexibility index (Phi) is 2.63. The van der Waals surface area contributed by atoms with Crippen LogP contribution in [0.3, 0.4) is 0 Å². The molecule has 0 spiro atoms. The zero-order valence-corrected chi connectivity index (χ0v) is 10.2. The quantitative estimate of drug-likeness (QED) is 0.771. The van der Waals surface area contributed by atoms with Crippen molar-refractivity contribution in [2.24, 2.45) is 5.92 Å². The number of hydrogen-bond acceptors (Lipinski definition) is 4. The Morgan fingerprint density at radius 2 is 2.06 bits per heavy atom. The summed E-state index contributed by atoms with van der Waals surface area (Å²) in [5, 5.41) is 8.46. The number of allylic oxidation sites excluding steroid dienone is 1. The minimum atomic E-state index is 0.557. The summed E-state index contributed by atoms with van der Waals surface area (Å²) < 4.78 is 0. The van der Waals surface area contributed by atoms with Crippen LogP contribution < -0.4 is 0 Å². The molecule has 1 fully saturated rings. The standard InChI is InChI=1S/C14H14N4/c1-3-10-4-13(10)12-5-14(18-17-9(12)2)11-6-15-8-16-7-11/h3,5-8,10,13H,1,4H2,2H3/t10-,13-/m0/s1. The number of aromatic nitrogens is 4. The van der Waals surface area contributed by atoms with Crippen LogP contribution in [0.25, 0.3) is 11.3 Å². The third-order valence-electron chi connectivity index (χ3n) is 3.42. The lowest BCUT2D eigenvalue weighted by Crippen LogP contribution is -1.97. The summed E-state index contributed by atoms with van der Waals surface area (Å²) in [7, 11) is 0. The Labute approximate surface area is 106 Å². The van der Waals surface area contributed by atoms with Crippen LogP contribution in [0.5, 0.6) is 0 Å². The summed E-state index contributed by atoms with van der Waals surface area (Å²) in [6, 6.07) is 2.11. The lowest BCUT2D eigenvalue weighted by Gasteiger charge is -2.05. The Hall–Kier alpha value is -2.10. The van der Waals surface area contributed by atoms with Crippen LogP contribution in [0.4, 0.5) is 0 Å². The van der Waals surface area contributed by atoms with Crippen LogP contribution in [0, 0.1) is 12.8 Å². The Morgan fingerprint density at radius 1 is 1.28 bits per heavy atom. The van der Waals surface area contributed by atoms with Gasteiger partial charge in [0.05, 0.1) is 11.4 Å². The van der Waals surface area contributed by atoms with Crippen LogP contribution in [-0.4, -0.2) is 20.2 Å². The molecule has 2 aromatic heterocycles. The maximum atomic E-state index is 4.25. The molecule has 0 aromatic carbocycles. The first-order valence-electron chi connectivity index (χ1n) is 6.01. The molecule has 4 nitrogen and oxygen atoms in total. The fourth-order valence-electron chi connectivity index (χ4n) is 2.25. The Morgan fingerprint density at radius 3 is 2.72 bits per heavy atom. The van der Waals surface area contributed by atoms with Crippen LogP contribution in [0.15, 0.2) is 37.4 Å². The van der Waals surface area contributed by atoms with Crippen molar-refractivity contribution in [3.8, 4) is 11.3 Å². The van der Waals surface area contributed by atoms with Crippen LogP contribution >= 0.6 is 0 Å². The molecule has 0 amide bonds. The van der Waals surface area contributed by atoms with Crippen molar-refractivity contribution in [3.05, 3.63) is 48.7 Å². The van der Waals surface area contributed by atoms with E-state index < -0.39 is 0 Å². The minimum Gasteiger partial charge on any atom is -0.244 e. The molecule has 18 heavy (non-hydrogen) atoms. The molecule has 0 bridgehead atoms. The first kappa shape index (κ1) is 11.0. The van der Waals surface area contributed by atoms with Crippen molar-refractivity contribution in [2.75, 3.05) is 0 Å². The van der Waals surface area contributed by atoms with Gasteiger partial charge in [-0.1, -0.05) is 6.08 Å². The van der Waals surface area contributed by atoms with E-state index in [9.17, 15) is 0 Å². The van der Waals surface area contributed by atoms with Gasteiger partial charge < -0.3 is 0 Å². The summed E-state index contributed by atoms with van der Waals surface area (Å²) in [4.78, 5) is 8.02. The molecule has 3 rings (SSSR count). The Bertz CT molecular complexity index is 580. The highest BCUT2D eigenvalue weighted by Gasteiger charge is 2.37. The SMILES string of the molecule is C=C[C@H]1C[C@@H]1c1cc(-c2cncnc2)nnc1C. The van der Waals surface area contributed by atoms with Crippen molar-refractivity contribution in [1.29, 1.82) is 0 Å². The number of nitrogens with zero attached hydrogens (tertiary/aromatic N) is 4. The fourth-order valence-corrected chi connectivity index (χ4v) is 2.25. The van der Waals surface area contributed by atoms with E-state index in [-0.39, 0.29) is 0 Å². The number of rotatable bonds is 3. The second kappa shape index (κ2) is 4.29. The largest absolute Gasteiger partial charge is 0.244 e. The van der Waals surface area contributed by atoms with Gasteiger partial charge in [-0.3, -0.25) is 0 Å². The maximum absolute atomic E-state index is 4.25. The summed E-state index contributed by atoms with van der Waals surface area (Å²) in [5.41, 5.74) is 4.02. The molecule has 1 aliphatic rings. The molecule has 2 atom stereocenters. The minimum absolute atomic E-state index is 0.557. The highest BCUT2D eigenvalue weighted by molar-refractivity contribution is 5.57. The summed E-state index contributed by atoms with van der Waals surface area (Å²) in [6.07, 6.45) is 8.22. The van der Waals surface area contributed by atoms with Gasteiger partial charge in [0.25, 0.3) is 0 Å². The molecule has 90 valence electrons. The van der Waals surface area contributed by atoms with Gasteiger partial charge in [-0.25, -0.2) is 9.97 Å². The van der Waals surface area contributed by atoms with Crippen molar-refractivity contribution in [1.82, 2.24) is 20.2 Å². The maximum Gasteiger partial charge on any atom is 0.115 e. The summed E-state index contributed by atoms with van der Waals surface area (Å²) >= 11 is 0. The second-order valence-corrected chi connectivity index (χ2v) is 4.64. The molecule has 1 saturated carbocycles. The number of aryl methyl sites for hydroxylation is 1. The Balaban J connectivity index is 1.99. The van der Waals surface area contributed by atoms with E-state index in [1.54, 1.807) is 12.4 Å². The molecular formula is C14H14N4. The first-order valence-corrected chi connectivity index (χ1v) is 6.01. The predicted molar refractivity (Wildman–Crippen MR) is 68.8 cm³/mol. The molecule has 0 aliphatic heterocycles. The van der Waals surface area contributed by atoms with Gasteiger partial charge in [0.15, 0.2) is 0 Å². The van der Waals surface area contributed by atoms with E-state index in [1.807, 2.05) is 13.0 Å². The van der Waals surface area contributed by atoms with Crippen LogP contribution in [-0.2, 0) is 0 Å². The van der Waals surface area contributed by atoms with Crippen molar-refractivity contribution in [2.45, 2.75) is 19.3 Å². The average molecular weight is 238 g/mol. The number of hydrogen-bond donors (Lipinski definition) is 0. The molecule has 0 radical (unpaired) electrons. The van der Waals surface area contributed by atoms with E-state index in [0.717, 1.165) is 17.0 Å². The van der Waals surface area contributed by atoms with E-state index in [0.29, 0.717) is 11.8 Å². The lowest BCUT2D eigenvalue weighted by atomic mass is 10.1. The molecule has 4 heteroatoms. The molecule has 2 aromatic rings. The summed E-state index contributed by atoms with van der Waals surface area (Å²) in [6.45, 7) is 5.86. The third-order valence-corrected chi connectivity index (χ3v) is 3.42. The van der Waals surface area contributed by atoms with Crippen molar-refractivity contribution in [3.63, 3.8) is 0 Å². The van der Waals surface area contributed by atoms with Gasteiger partial charge in [0, 0.05) is 18.0 Å². The van der Waals surface area contributed by atoms with Gasteiger partial charge in [0.2, 0.25) is 0 Å². The third kappa shape index (κ3) is 1.90. The van der Waals surface area contributed by atoms with E-state index in [2.05, 4.69) is 32.8 Å². The average Bonchev–Trinajstić information content (AvgIpc) is 3.20. The smallest absolute Gasteiger partial charge is 0.115 e. The molecule has 0 unspecified atom stereocenters. The fraction of sp³-hybridized carbons (Fsp3) is 0.286. The second-order valence-electron chi connectivity index (χ2n) is 4.64. The molecule has 0 N–H and O–H groups in total. The van der Waals surface area contributed by atoms with Crippen molar-refractivity contribution < 1.29 is 0 Å². The van der Waals surface area contributed by atoms with Crippen LogP contribution in [0.2, 0.25) is 0 Å². The lowest BCUT2D eigenvalue weighted by molar-refractivity contribution is 0.910. The molecular weight excluding hydrogens is 224 g/mol. The van der Waals surface area contributed by atoms with Gasteiger partial charge in [-0.05, 0) is 36.8 Å². The molecule has 0 saturated heterocycles. The highest BCUT2D eigenvalue weighted by atomic mass is 15.1. The zero-order valence-electron chi connectivity index (χ0n) is 10.2. The molecule has 1 aliphatic carbocycles. The zero-order chi connectivity index (χ0) is 12.5. The highest BCUT2D eigenvalue weighted by Crippen LogP contribution is 2.49. The topological polar surface area (TPSA) is 51.6 Å². The normalized spacial score (nSPS) is 21.6. The van der Waals surface area contributed by atoms with E-state index in [1.165, 1.54) is 18.3 Å². The molecule has 2 heterocycles. The predicted octanol–water partition coefficient (Wildman–Crippen LogP) is 2.53. The van der Waals surface area contributed by atoms with Gasteiger partial charge in [-0.2, -0.15) is 10.2 Å². The van der Waals surface area contributed by atoms with Gasteiger partial charge >= 0.3 is 0 Å². The van der Waals surface area contributed by atoms with Crippen molar-refractivity contribution >= 4 is 0 Å². The van der Waals surface area contributed by atoms with E-state index >= 15 is 0 Å². The van der Waals surface area contributed by atoms with E-state index in [4.69, 9.17) is 0 Å². The van der Waals surface area contributed by atoms with Crippen LogP contribution in [0.1, 0.15) is 23.6 Å². The first-order chi connectivity index (χ1) is 8.79. The summed E-state index contributed by atoms with van der Waals surface area (Å²) in [5.74, 6) is 1.15. The monoisotopic (exact) mass is 238 g/mol. The van der Waals surface area contributed by atoms with Gasteiger partial charge in [-0.15, -0.1) is 6.58 Å².